The summed E-state index contributed by atoms with van der Waals surface area (Å²) in [6.07, 6.45) is 0. The van der Waals surface area contributed by atoms with E-state index in [1.807, 2.05) is 31.2 Å². The summed E-state index contributed by atoms with van der Waals surface area (Å²) in [4.78, 5) is 4.75. The molecule has 0 atom stereocenters. The Labute approximate surface area is 166 Å². The number of anilines is 2. The van der Waals surface area contributed by atoms with Crippen molar-refractivity contribution in [3.63, 3.8) is 0 Å². The molecular weight excluding hydrogens is 400 g/mol. The van der Waals surface area contributed by atoms with E-state index in [1.54, 1.807) is 48.5 Å². The first-order valence-electron chi connectivity index (χ1n) is 8.18. The van der Waals surface area contributed by atoms with Crippen molar-refractivity contribution >= 4 is 54.0 Å². The predicted molar refractivity (Wildman–Crippen MR) is 112 cm³/mol. The van der Waals surface area contributed by atoms with Crippen molar-refractivity contribution in [3.8, 4) is 0 Å². The molecule has 0 bridgehead atoms. The molecule has 0 aliphatic rings. The number of thiazole rings is 1. The zero-order valence-electron chi connectivity index (χ0n) is 14.3. The van der Waals surface area contributed by atoms with E-state index in [4.69, 9.17) is 11.6 Å². The normalized spacial score (nSPS) is 11.6. The lowest BCUT2D eigenvalue weighted by atomic mass is 10.2. The van der Waals surface area contributed by atoms with E-state index in [1.165, 1.54) is 15.6 Å². The quantitative estimate of drug-likeness (QED) is 0.425. The van der Waals surface area contributed by atoms with Crippen molar-refractivity contribution in [2.75, 3.05) is 4.31 Å². The Morgan fingerprint density at radius 3 is 2.41 bits per heavy atom. The molecule has 0 saturated carbocycles. The van der Waals surface area contributed by atoms with Crippen LogP contribution in [0.2, 0.25) is 5.02 Å². The Bertz CT molecular complexity index is 1190. The van der Waals surface area contributed by atoms with Crippen molar-refractivity contribution in [1.29, 1.82) is 0 Å². The van der Waals surface area contributed by atoms with E-state index >= 15 is 0 Å². The maximum Gasteiger partial charge on any atom is 0.270 e. The molecule has 0 spiro atoms. The number of aryl methyl sites for hydroxylation is 1. The van der Waals surface area contributed by atoms with Gasteiger partial charge in [-0.3, -0.25) is 0 Å². The topological polar surface area (TPSA) is 50.3 Å². The van der Waals surface area contributed by atoms with Crippen molar-refractivity contribution in [2.24, 2.45) is 0 Å². The highest BCUT2D eigenvalue weighted by atomic mass is 35.5. The van der Waals surface area contributed by atoms with Gasteiger partial charge < -0.3 is 0 Å². The Balaban J connectivity index is 1.94. The molecule has 0 unspecified atom stereocenters. The second kappa shape index (κ2) is 6.96. The highest BCUT2D eigenvalue weighted by molar-refractivity contribution is 7.93. The maximum absolute atomic E-state index is 13.5. The van der Waals surface area contributed by atoms with Gasteiger partial charge in [-0.1, -0.05) is 58.8 Å². The van der Waals surface area contributed by atoms with E-state index in [9.17, 15) is 8.42 Å². The minimum absolute atomic E-state index is 0.201. The number of sulfonamides is 1. The van der Waals surface area contributed by atoms with Crippen LogP contribution < -0.4 is 4.31 Å². The zero-order valence-corrected chi connectivity index (χ0v) is 16.7. The van der Waals surface area contributed by atoms with Crippen molar-refractivity contribution in [2.45, 2.75) is 11.8 Å². The Morgan fingerprint density at radius 2 is 1.70 bits per heavy atom. The van der Waals surface area contributed by atoms with Crippen LogP contribution in [0, 0.1) is 6.92 Å². The molecule has 1 aromatic heterocycles. The van der Waals surface area contributed by atoms with Gasteiger partial charge in [-0.15, -0.1) is 0 Å². The summed E-state index contributed by atoms with van der Waals surface area (Å²) < 4.78 is 29.1. The van der Waals surface area contributed by atoms with Gasteiger partial charge in [-0.2, -0.15) is 0 Å². The fourth-order valence-electron chi connectivity index (χ4n) is 2.72. The number of nitrogens with zero attached hydrogens (tertiary/aromatic N) is 2. The zero-order chi connectivity index (χ0) is 19.0. The molecule has 0 amide bonds. The Morgan fingerprint density at radius 1 is 0.963 bits per heavy atom. The Hall–Kier alpha value is -2.41. The smallest absolute Gasteiger partial charge is 0.219 e. The average molecular weight is 415 g/mol. The third kappa shape index (κ3) is 3.43. The SMILES string of the molecule is Cc1ccc(S(=O)(=O)N(c2cccc(Cl)c2)c2nc3ccccc3s2)cc1. The van der Waals surface area contributed by atoms with Crippen LogP contribution in [0.5, 0.6) is 0 Å². The van der Waals surface area contributed by atoms with Crippen molar-refractivity contribution in [1.82, 2.24) is 4.98 Å². The van der Waals surface area contributed by atoms with E-state index < -0.39 is 10.0 Å². The maximum atomic E-state index is 13.5. The molecule has 0 fully saturated rings. The van der Waals surface area contributed by atoms with Crippen LogP contribution in [0.15, 0.2) is 77.7 Å². The number of benzene rings is 3. The second-order valence-corrected chi connectivity index (χ2v) is 9.26. The molecule has 7 heteroatoms. The van der Waals surface area contributed by atoms with Crippen LogP contribution in [-0.2, 0) is 10.0 Å². The predicted octanol–water partition coefficient (Wildman–Crippen LogP) is 5.79. The lowest BCUT2D eigenvalue weighted by Crippen LogP contribution is -2.26. The molecule has 0 N–H and O–H groups in total. The second-order valence-electron chi connectivity index (χ2n) is 6.03. The molecule has 136 valence electrons. The van der Waals surface area contributed by atoms with Crippen molar-refractivity contribution < 1.29 is 8.42 Å². The summed E-state index contributed by atoms with van der Waals surface area (Å²) >= 11 is 7.46. The van der Waals surface area contributed by atoms with Gasteiger partial charge in [0.25, 0.3) is 10.0 Å². The fraction of sp³-hybridized carbons (Fsp3) is 0.0500. The number of rotatable bonds is 4. The van der Waals surface area contributed by atoms with Crippen LogP contribution in [0.4, 0.5) is 10.8 Å². The van der Waals surface area contributed by atoms with Crippen LogP contribution in [0.1, 0.15) is 5.56 Å². The van der Waals surface area contributed by atoms with E-state index in [0.717, 1.165) is 15.8 Å². The summed E-state index contributed by atoms with van der Waals surface area (Å²) in [6, 6.07) is 21.1. The largest absolute Gasteiger partial charge is 0.270 e. The van der Waals surface area contributed by atoms with Gasteiger partial charge in [0.2, 0.25) is 5.13 Å². The molecule has 1 heterocycles. The average Bonchev–Trinajstić information content (AvgIpc) is 3.05. The number of hydrogen-bond acceptors (Lipinski definition) is 4. The van der Waals surface area contributed by atoms with Crippen LogP contribution >= 0.6 is 22.9 Å². The van der Waals surface area contributed by atoms with E-state index in [0.29, 0.717) is 15.8 Å². The number of aromatic nitrogens is 1. The molecule has 27 heavy (non-hydrogen) atoms. The van der Waals surface area contributed by atoms with Crippen LogP contribution in [0.25, 0.3) is 10.2 Å². The standard InChI is InChI=1S/C20H15ClN2O2S2/c1-14-9-11-17(12-10-14)27(24,25)23(16-6-4-5-15(21)13-16)20-22-18-7-2-3-8-19(18)26-20/h2-13H,1H3. The summed E-state index contributed by atoms with van der Waals surface area (Å²) in [5.41, 5.74) is 2.19. The van der Waals surface area contributed by atoms with E-state index in [-0.39, 0.29) is 4.90 Å². The molecule has 4 nitrogen and oxygen atoms in total. The van der Waals surface area contributed by atoms with Gasteiger partial charge >= 0.3 is 0 Å². The lowest BCUT2D eigenvalue weighted by Gasteiger charge is -2.22. The molecule has 4 rings (SSSR count). The summed E-state index contributed by atoms with van der Waals surface area (Å²) in [6.45, 7) is 1.92. The summed E-state index contributed by atoms with van der Waals surface area (Å²) in [5.74, 6) is 0. The molecule has 0 aliphatic carbocycles. The molecule has 0 aliphatic heterocycles. The van der Waals surface area contributed by atoms with Crippen LogP contribution in [0.3, 0.4) is 0 Å². The molecule has 3 aromatic carbocycles. The number of para-hydroxylation sites is 1. The highest BCUT2D eigenvalue weighted by Crippen LogP contribution is 2.38. The van der Waals surface area contributed by atoms with Gasteiger partial charge in [0.1, 0.15) is 0 Å². The van der Waals surface area contributed by atoms with Gasteiger partial charge in [0.15, 0.2) is 0 Å². The van der Waals surface area contributed by atoms with Gasteiger partial charge in [-0.05, 0) is 49.4 Å². The third-order valence-corrected chi connectivity index (χ3v) is 7.16. The number of halogens is 1. The molecule has 0 radical (unpaired) electrons. The molecule has 4 aromatic rings. The summed E-state index contributed by atoms with van der Waals surface area (Å²) in [7, 11) is -3.87. The van der Waals surface area contributed by atoms with E-state index in [2.05, 4.69) is 4.98 Å². The fourth-order valence-corrected chi connectivity index (χ4v) is 5.53. The van der Waals surface area contributed by atoms with Crippen molar-refractivity contribution in [3.05, 3.63) is 83.4 Å². The van der Waals surface area contributed by atoms with Crippen LogP contribution in [-0.4, -0.2) is 13.4 Å². The monoisotopic (exact) mass is 414 g/mol. The minimum atomic E-state index is -3.87. The highest BCUT2D eigenvalue weighted by Gasteiger charge is 2.29. The molecular formula is C20H15ClN2O2S2. The first-order valence-corrected chi connectivity index (χ1v) is 10.8. The summed E-state index contributed by atoms with van der Waals surface area (Å²) in [5, 5.41) is 0.830. The van der Waals surface area contributed by atoms with Gasteiger partial charge in [-0.25, -0.2) is 17.7 Å². The first-order chi connectivity index (χ1) is 12.9. The number of fused-ring (bicyclic) bond motifs is 1. The van der Waals surface area contributed by atoms with Gasteiger partial charge in [0, 0.05) is 5.02 Å². The minimum Gasteiger partial charge on any atom is -0.219 e. The van der Waals surface area contributed by atoms with Gasteiger partial charge in [0.05, 0.1) is 20.8 Å². The third-order valence-electron chi connectivity index (χ3n) is 4.06. The first kappa shape index (κ1) is 18.0. The molecule has 0 saturated heterocycles. The number of hydrogen-bond donors (Lipinski definition) is 0. The Kier molecular flexibility index (Phi) is 4.63. The lowest BCUT2D eigenvalue weighted by molar-refractivity contribution is 0.596.